The quantitative estimate of drug-likeness (QED) is 0.405. The van der Waals surface area contributed by atoms with Gasteiger partial charge in [-0.15, -0.1) is 0 Å². The molecule has 3 aliphatic heterocycles. The molecule has 0 bridgehead atoms. The van der Waals surface area contributed by atoms with E-state index in [2.05, 4.69) is 39.9 Å². The Hall–Kier alpha value is -4.17. The van der Waals surface area contributed by atoms with Crippen LogP contribution in [0.15, 0.2) is 36.5 Å². The number of anilines is 2. The van der Waals surface area contributed by atoms with Crippen LogP contribution in [0, 0.1) is 11.3 Å². The van der Waals surface area contributed by atoms with Gasteiger partial charge in [0.15, 0.2) is 0 Å². The molecule has 2 fully saturated rings. The maximum atomic E-state index is 13.0. The average molecular weight is 599 g/mol. The first kappa shape index (κ1) is 29.9. The monoisotopic (exact) mass is 598 g/mol. The van der Waals surface area contributed by atoms with E-state index in [0.29, 0.717) is 44.8 Å². The Morgan fingerprint density at radius 3 is 2.66 bits per heavy atom. The van der Waals surface area contributed by atoms with E-state index in [0.717, 1.165) is 66.0 Å². The summed E-state index contributed by atoms with van der Waals surface area (Å²) in [5.41, 5.74) is 1.41. The van der Waals surface area contributed by atoms with E-state index >= 15 is 0 Å². The van der Waals surface area contributed by atoms with E-state index in [9.17, 15) is 10.1 Å². The van der Waals surface area contributed by atoms with Gasteiger partial charge in [-0.05, 0) is 65.1 Å². The summed E-state index contributed by atoms with van der Waals surface area (Å²) >= 11 is 0. The number of amides is 1. The molecule has 232 valence electrons. The van der Waals surface area contributed by atoms with Crippen molar-refractivity contribution in [2.45, 2.75) is 70.7 Å². The van der Waals surface area contributed by atoms with E-state index in [1.807, 2.05) is 45.2 Å². The highest BCUT2D eigenvalue weighted by atomic mass is 16.6. The SMILES string of the molecule is CN1CCC[C@H]1COc1nc2c(c(N3CCN(C(=O)OC(C)(C)C)C(CC#N)C3)n1)CCN(c1nccc3ccccc13)C2. The van der Waals surface area contributed by atoms with Crippen molar-refractivity contribution < 1.29 is 14.3 Å². The fourth-order valence-corrected chi connectivity index (χ4v) is 6.50. The number of aromatic nitrogens is 3. The third kappa shape index (κ3) is 6.36. The van der Waals surface area contributed by atoms with Crippen molar-refractivity contribution >= 4 is 28.5 Å². The summed E-state index contributed by atoms with van der Waals surface area (Å²) in [4.78, 5) is 36.3. The van der Waals surface area contributed by atoms with Crippen LogP contribution in [0.2, 0.25) is 0 Å². The average Bonchev–Trinajstić information content (AvgIpc) is 3.42. The van der Waals surface area contributed by atoms with Crippen LogP contribution in [0.1, 0.15) is 51.3 Å². The van der Waals surface area contributed by atoms with Gasteiger partial charge in [-0.25, -0.2) is 9.78 Å². The highest BCUT2D eigenvalue weighted by Gasteiger charge is 2.36. The van der Waals surface area contributed by atoms with E-state index in [-0.39, 0.29) is 18.6 Å². The van der Waals surface area contributed by atoms with E-state index in [1.165, 1.54) is 0 Å². The molecule has 1 unspecified atom stereocenters. The lowest BCUT2D eigenvalue weighted by atomic mass is 10.0. The van der Waals surface area contributed by atoms with Gasteiger partial charge in [0.05, 0.1) is 30.8 Å². The molecule has 11 nitrogen and oxygen atoms in total. The minimum absolute atomic E-state index is 0.209. The number of carbonyl (C=O) groups excluding carboxylic acids is 1. The van der Waals surface area contributed by atoms with Gasteiger partial charge in [0.2, 0.25) is 0 Å². The van der Waals surface area contributed by atoms with Gasteiger partial charge < -0.3 is 29.1 Å². The van der Waals surface area contributed by atoms with Crippen LogP contribution in [0.3, 0.4) is 0 Å². The molecule has 0 saturated carbocycles. The van der Waals surface area contributed by atoms with Gasteiger partial charge in [0.1, 0.15) is 23.8 Å². The van der Waals surface area contributed by atoms with Crippen molar-refractivity contribution in [2.75, 3.05) is 56.2 Å². The molecule has 6 rings (SSSR count). The lowest BCUT2D eigenvalue weighted by Gasteiger charge is -2.42. The zero-order valence-electron chi connectivity index (χ0n) is 26.2. The van der Waals surface area contributed by atoms with E-state index in [4.69, 9.17) is 24.4 Å². The molecule has 3 aromatic rings. The van der Waals surface area contributed by atoms with Gasteiger partial charge in [-0.2, -0.15) is 15.2 Å². The first-order valence-corrected chi connectivity index (χ1v) is 15.6. The number of nitrogens with zero attached hydrogens (tertiary/aromatic N) is 8. The Bertz CT molecular complexity index is 1550. The lowest BCUT2D eigenvalue weighted by molar-refractivity contribution is 0.0144. The third-order valence-electron chi connectivity index (χ3n) is 8.79. The molecule has 0 N–H and O–H groups in total. The van der Waals surface area contributed by atoms with E-state index < -0.39 is 5.60 Å². The van der Waals surface area contributed by atoms with Crippen molar-refractivity contribution in [2.24, 2.45) is 0 Å². The molecule has 1 aromatic carbocycles. The Labute approximate surface area is 259 Å². The molecule has 2 saturated heterocycles. The van der Waals surface area contributed by atoms with Crippen LogP contribution in [-0.2, 0) is 17.7 Å². The minimum atomic E-state index is -0.610. The standard InChI is InChI=1S/C33H42N8O3/c1-33(2,3)44-32(42)41-19-18-40(20-24(41)11-14-34)30-27-13-17-39(29-26-10-6-5-8-23(26)12-15-35-29)21-28(27)36-31(37-30)43-22-25-9-7-16-38(25)4/h5-6,8,10,12,15,24-25H,7,9,11,13,16-22H2,1-4H3/t24?,25-/m0/s1. The maximum absolute atomic E-state index is 13.0. The van der Waals surface area contributed by atoms with Crippen LogP contribution in [-0.4, -0.2) is 94.9 Å². The van der Waals surface area contributed by atoms with Crippen LogP contribution in [0.5, 0.6) is 6.01 Å². The van der Waals surface area contributed by atoms with Gasteiger partial charge in [-0.1, -0.05) is 24.3 Å². The second-order valence-electron chi connectivity index (χ2n) is 13.0. The molecular weight excluding hydrogens is 556 g/mol. The summed E-state index contributed by atoms with van der Waals surface area (Å²) in [6.45, 7) is 10.0. The number of ether oxygens (including phenoxy) is 2. The molecule has 0 aliphatic carbocycles. The highest BCUT2D eigenvalue weighted by Crippen LogP contribution is 2.34. The summed E-state index contributed by atoms with van der Waals surface area (Å²) < 4.78 is 12.0. The number of rotatable bonds is 6. The zero-order valence-corrected chi connectivity index (χ0v) is 26.2. The fourth-order valence-electron chi connectivity index (χ4n) is 6.50. The molecule has 0 radical (unpaired) electrons. The molecular formula is C33H42N8O3. The van der Waals surface area contributed by atoms with Crippen LogP contribution < -0.4 is 14.5 Å². The van der Waals surface area contributed by atoms with Crippen molar-refractivity contribution in [3.05, 3.63) is 47.8 Å². The number of pyridine rings is 1. The molecule has 2 atom stereocenters. The fraction of sp³-hybridized carbons (Fsp3) is 0.545. The molecule has 1 amide bonds. The summed E-state index contributed by atoms with van der Waals surface area (Å²) in [6.07, 6.45) is 4.69. The highest BCUT2D eigenvalue weighted by molar-refractivity contribution is 5.92. The van der Waals surface area contributed by atoms with Crippen molar-refractivity contribution in [3.8, 4) is 12.1 Å². The number of fused-ring (bicyclic) bond motifs is 2. The Morgan fingerprint density at radius 1 is 1.05 bits per heavy atom. The number of benzene rings is 1. The zero-order chi connectivity index (χ0) is 30.8. The van der Waals surface area contributed by atoms with Crippen LogP contribution in [0.25, 0.3) is 10.8 Å². The summed E-state index contributed by atoms with van der Waals surface area (Å²) in [5.74, 6) is 1.78. The van der Waals surface area contributed by atoms with Crippen LogP contribution in [0.4, 0.5) is 16.4 Å². The number of carbonyl (C=O) groups is 1. The van der Waals surface area contributed by atoms with Crippen molar-refractivity contribution in [1.82, 2.24) is 24.8 Å². The van der Waals surface area contributed by atoms with Crippen molar-refractivity contribution in [3.63, 3.8) is 0 Å². The predicted octanol–water partition coefficient (Wildman–Crippen LogP) is 4.40. The predicted molar refractivity (Wildman–Crippen MR) is 169 cm³/mol. The normalized spacial score (nSPS) is 20.8. The third-order valence-corrected chi connectivity index (χ3v) is 8.79. The molecule has 3 aliphatic rings. The van der Waals surface area contributed by atoms with Crippen LogP contribution >= 0.6 is 0 Å². The Morgan fingerprint density at radius 2 is 1.89 bits per heavy atom. The number of likely N-dealkylation sites (N-methyl/N-ethyl adjacent to an activating group) is 1. The van der Waals surface area contributed by atoms with Gasteiger partial charge in [0, 0.05) is 49.4 Å². The number of nitriles is 1. The molecule has 5 heterocycles. The second kappa shape index (κ2) is 12.4. The molecule has 11 heteroatoms. The van der Waals surface area contributed by atoms with Gasteiger partial charge >= 0.3 is 12.1 Å². The molecule has 44 heavy (non-hydrogen) atoms. The molecule has 0 spiro atoms. The summed E-state index contributed by atoms with van der Waals surface area (Å²) in [5, 5.41) is 11.9. The largest absolute Gasteiger partial charge is 0.462 e. The summed E-state index contributed by atoms with van der Waals surface area (Å²) in [7, 11) is 2.13. The first-order chi connectivity index (χ1) is 21.2. The van der Waals surface area contributed by atoms with Crippen molar-refractivity contribution in [1.29, 1.82) is 5.26 Å². The topological polar surface area (TPSA) is 111 Å². The molecule has 2 aromatic heterocycles. The smallest absolute Gasteiger partial charge is 0.410 e. The number of hydrogen-bond donors (Lipinski definition) is 0. The second-order valence-corrected chi connectivity index (χ2v) is 13.0. The minimum Gasteiger partial charge on any atom is -0.462 e. The Balaban J connectivity index is 1.30. The lowest BCUT2D eigenvalue weighted by Crippen LogP contribution is -2.56. The van der Waals surface area contributed by atoms with E-state index in [1.54, 1.807) is 4.90 Å². The van der Waals surface area contributed by atoms with Gasteiger partial charge in [0.25, 0.3) is 0 Å². The Kier molecular flexibility index (Phi) is 8.45. The maximum Gasteiger partial charge on any atom is 0.410 e. The number of hydrogen-bond acceptors (Lipinski definition) is 10. The van der Waals surface area contributed by atoms with Gasteiger partial charge in [-0.3, -0.25) is 0 Å². The number of likely N-dealkylation sites (tertiary alicyclic amines) is 1. The first-order valence-electron chi connectivity index (χ1n) is 15.6. The summed E-state index contributed by atoms with van der Waals surface area (Å²) in [6, 6.07) is 13.0. The number of piperazine rings is 1.